The number of carbonyl (C=O) groups excluding carboxylic acids is 3. The summed E-state index contributed by atoms with van der Waals surface area (Å²) in [6, 6.07) is 4.60. The van der Waals surface area contributed by atoms with E-state index in [4.69, 9.17) is 4.74 Å². The highest BCUT2D eigenvalue weighted by atomic mass is 16.5. The van der Waals surface area contributed by atoms with Crippen LogP contribution in [0.5, 0.6) is 0 Å². The highest BCUT2D eigenvalue weighted by molar-refractivity contribution is 5.92. The average molecular weight is 363 g/mol. The molecule has 0 aromatic carbocycles. The Labute approximate surface area is 154 Å². The Balaban J connectivity index is 2.35. The fourth-order valence-corrected chi connectivity index (χ4v) is 2.61. The zero-order valence-corrected chi connectivity index (χ0v) is 15.8. The van der Waals surface area contributed by atoms with Crippen LogP contribution in [-0.2, 0) is 14.3 Å². The van der Waals surface area contributed by atoms with Crippen LogP contribution in [0, 0.1) is 5.41 Å². The van der Waals surface area contributed by atoms with Crippen molar-refractivity contribution >= 4 is 18.3 Å². The summed E-state index contributed by atoms with van der Waals surface area (Å²) in [6.07, 6.45) is 5.09. The SMILES string of the molecule is CCOC(=O)[C@H](CCC(C)(C)CCCNC(=O)c1ccccn1)NC=O. The van der Waals surface area contributed by atoms with E-state index in [0.29, 0.717) is 25.1 Å². The average Bonchev–Trinajstić information content (AvgIpc) is 2.63. The predicted octanol–water partition coefficient (Wildman–Crippen LogP) is 2.08. The molecule has 0 saturated carbocycles. The Morgan fingerprint density at radius 3 is 2.69 bits per heavy atom. The van der Waals surface area contributed by atoms with Gasteiger partial charge in [0.25, 0.3) is 5.91 Å². The summed E-state index contributed by atoms with van der Waals surface area (Å²) in [6.45, 7) is 6.80. The third-order valence-electron chi connectivity index (χ3n) is 4.16. The third kappa shape index (κ3) is 8.09. The van der Waals surface area contributed by atoms with Gasteiger partial charge in [0.15, 0.2) is 0 Å². The highest BCUT2D eigenvalue weighted by Gasteiger charge is 2.24. The van der Waals surface area contributed by atoms with Gasteiger partial charge in [0.05, 0.1) is 6.61 Å². The van der Waals surface area contributed by atoms with E-state index in [9.17, 15) is 14.4 Å². The van der Waals surface area contributed by atoms with Gasteiger partial charge < -0.3 is 15.4 Å². The topological polar surface area (TPSA) is 97.4 Å². The summed E-state index contributed by atoms with van der Waals surface area (Å²) in [5.74, 6) is -0.584. The van der Waals surface area contributed by atoms with Crippen LogP contribution in [-0.4, -0.2) is 42.5 Å². The summed E-state index contributed by atoms with van der Waals surface area (Å²) < 4.78 is 4.97. The summed E-state index contributed by atoms with van der Waals surface area (Å²) in [4.78, 5) is 38.4. The van der Waals surface area contributed by atoms with Crippen LogP contribution in [0.15, 0.2) is 24.4 Å². The number of ether oxygens (including phenoxy) is 1. The second-order valence-corrected chi connectivity index (χ2v) is 6.87. The van der Waals surface area contributed by atoms with Crippen molar-refractivity contribution in [3.8, 4) is 0 Å². The van der Waals surface area contributed by atoms with Gasteiger partial charge in [-0.2, -0.15) is 0 Å². The smallest absolute Gasteiger partial charge is 0.328 e. The van der Waals surface area contributed by atoms with Gasteiger partial charge in [-0.1, -0.05) is 19.9 Å². The molecule has 0 fully saturated rings. The summed E-state index contributed by atoms with van der Waals surface area (Å²) in [5.41, 5.74) is 0.384. The summed E-state index contributed by atoms with van der Waals surface area (Å²) >= 11 is 0. The van der Waals surface area contributed by atoms with Gasteiger partial charge >= 0.3 is 5.97 Å². The van der Waals surface area contributed by atoms with Crippen LogP contribution in [0.3, 0.4) is 0 Å². The second-order valence-electron chi connectivity index (χ2n) is 6.87. The van der Waals surface area contributed by atoms with Gasteiger partial charge in [0.1, 0.15) is 11.7 Å². The number of pyridine rings is 1. The van der Waals surface area contributed by atoms with Gasteiger partial charge in [-0.15, -0.1) is 0 Å². The monoisotopic (exact) mass is 363 g/mol. The Kier molecular flexibility index (Phi) is 9.33. The number of carbonyl (C=O) groups is 3. The number of esters is 1. The highest BCUT2D eigenvalue weighted by Crippen LogP contribution is 2.28. The molecule has 0 aliphatic rings. The van der Waals surface area contributed by atoms with Crippen molar-refractivity contribution in [2.45, 2.75) is 52.5 Å². The Bertz CT molecular complexity index is 575. The molecular weight excluding hydrogens is 334 g/mol. The van der Waals surface area contributed by atoms with Gasteiger partial charge in [0.2, 0.25) is 6.41 Å². The number of hydrogen-bond acceptors (Lipinski definition) is 5. The van der Waals surface area contributed by atoms with Crippen molar-refractivity contribution in [1.82, 2.24) is 15.6 Å². The van der Waals surface area contributed by atoms with E-state index in [-0.39, 0.29) is 17.9 Å². The van der Waals surface area contributed by atoms with Crippen molar-refractivity contribution in [1.29, 1.82) is 0 Å². The number of rotatable bonds is 12. The van der Waals surface area contributed by atoms with Crippen molar-refractivity contribution in [2.24, 2.45) is 5.41 Å². The van der Waals surface area contributed by atoms with Gasteiger partial charge in [-0.25, -0.2) is 4.79 Å². The predicted molar refractivity (Wildman–Crippen MR) is 98.4 cm³/mol. The quantitative estimate of drug-likeness (QED) is 0.337. The molecule has 2 amide bonds. The molecule has 1 atom stereocenters. The molecule has 0 aliphatic carbocycles. The standard InChI is InChI=1S/C19H29N3O4/c1-4-26-18(25)16(22-14-23)9-11-19(2,3)10-7-13-21-17(24)15-8-5-6-12-20-15/h5-6,8,12,14,16H,4,7,9-11,13H2,1-3H3,(H,21,24)(H,22,23)/t16-/m0/s1. The van der Waals surface area contributed by atoms with Crippen LogP contribution < -0.4 is 10.6 Å². The zero-order chi connectivity index (χ0) is 19.4. The maximum absolute atomic E-state index is 11.9. The van der Waals surface area contributed by atoms with Gasteiger partial charge in [-0.3, -0.25) is 14.6 Å². The maximum atomic E-state index is 11.9. The van der Waals surface area contributed by atoms with E-state index in [1.165, 1.54) is 0 Å². The Hall–Kier alpha value is -2.44. The normalized spacial score (nSPS) is 12.1. The van der Waals surface area contributed by atoms with E-state index in [1.54, 1.807) is 31.3 Å². The first kappa shape index (κ1) is 21.6. The Morgan fingerprint density at radius 2 is 2.08 bits per heavy atom. The molecule has 0 radical (unpaired) electrons. The summed E-state index contributed by atoms with van der Waals surface area (Å²) in [7, 11) is 0. The van der Waals surface area contributed by atoms with Gasteiger partial charge in [0, 0.05) is 12.7 Å². The molecule has 0 bridgehead atoms. The lowest BCUT2D eigenvalue weighted by atomic mass is 9.82. The fraction of sp³-hybridized carbons (Fsp3) is 0.579. The van der Waals surface area contributed by atoms with E-state index >= 15 is 0 Å². The molecule has 1 rings (SSSR count). The fourth-order valence-electron chi connectivity index (χ4n) is 2.61. The number of aromatic nitrogens is 1. The lowest BCUT2D eigenvalue weighted by Gasteiger charge is -2.26. The number of hydrogen-bond donors (Lipinski definition) is 2. The number of amides is 2. The van der Waals surface area contributed by atoms with E-state index in [0.717, 1.165) is 19.3 Å². The van der Waals surface area contributed by atoms with Crippen molar-refractivity contribution in [2.75, 3.05) is 13.2 Å². The molecule has 0 saturated heterocycles. The van der Waals surface area contributed by atoms with E-state index < -0.39 is 12.0 Å². The minimum Gasteiger partial charge on any atom is -0.464 e. The molecular formula is C19H29N3O4. The van der Waals surface area contributed by atoms with Crippen molar-refractivity contribution < 1.29 is 19.1 Å². The molecule has 7 nitrogen and oxygen atoms in total. The minimum atomic E-state index is -0.615. The molecule has 26 heavy (non-hydrogen) atoms. The maximum Gasteiger partial charge on any atom is 0.328 e. The van der Waals surface area contributed by atoms with Crippen LogP contribution in [0.25, 0.3) is 0 Å². The molecule has 0 aliphatic heterocycles. The molecule has 0 unspecified atom stereocenters. The van der Waals surface area contributed by atoms with Crippen LogP contribution in [0.1, 0.15) is 56.9 Å². The lowest BCUT2D eigenvalue weighted by molar-refractivity contribution is -0.146. The van der Waals surface area contributed by atoms with E-state index in [2.05, 4.69) is 29.5 Å². The molecule has 1 aromatic heterocycles. The molecule has 2 N–H and O–H groups in total. The minimum absolute atomic E-state index is 0.0228. The second kappa shape index (κ2) is 11.2. The van der Waals surface area contributed by atoms with Crippen molar-refractivity contribution in [3.63, 3.8) is 0 Å². The molecule has 1 aromatic rings. The van der Waals surface area contributed by atoms with Crippen LogP contribution >= 0.6 is 0 Å². The molecule has 1 heterocycles. The first-order valence-electron chi connectivity index (χ1n) is 8.95. The largest absolute Gasteiger partial charge is 0.464 e. The van der Waals surface area contributed by atoms with Crippen molar-refractivity contribution in [3.05, 3.63) is 30.1 Å². The first-order valence-corrected chi connectivity index (χ1v) is 8.95. The number of nitrogens with one attached hydrogen (secondary N) is 2. The number of nitrogens with zero attached hydrogens (tertiary/aromatic N) is 1. The third-order valence-corrected chi connectivity index (χ3v) is 4.16. The first-order chi connectivity index (χ1) is 12.4. The molecule has 7 heteroatoms. The van der Waals surface area contributed by atoms with E-state index in [1.807, 2.05) is 0 Å². The molecule has 0 spiro atoms. The zero-order valence-electron chi connectivity index (χ0n) is 15.8. The van der Waals surface area contributed by atoms with Gasteiger partial charge in [-0.05, 0) is 50.2 Å². The summed E-state index contributed by atoms with van der Waals surface area (Å²) in [5, 5.41) is 5.38. The Morgan fingerprint density at radius 1 is 1.31 bits per heavy atom. The van der Waals surface area contributed by atoms with Crippen LogP contribution in [0.4, 0.5) is 0 Å². The van der Waals surface area contributed by atoms with Crippen LogP contribution in [0.2, 0.25) is 0 Å². The lowest BCUT2D eigenvalue weighted by Crippen LogP contribution is -2.38. The molecule has 144 valence electrons.